The Labute approximate surface area is 204 Å². The third-order valence-electron chi connectivity index (χ3n) is 6.60. The first-order valence-electron chi connectivity index (χ1n) is 12.0. The first kappa shape index (κ1) is 22.8. The lowest BCUT2D eigenvalue weighted by molar-refractivity contribution is 0.183. The molecule has 0 saturated carbocycles. The van der Waals surface area contributed by atoms with Gasteiger partial charge < -0.3 is 19.4 Å². The lowest BCUT2D eigenvalue weighted by Gasteiger charge is -2.26. The summed E-state index contributed by atoms with van der Waals surface area (Å²) in [5.41, 5.74) is 2.80. The van der Waals surface area contributed by atoms with Gasteiger partial charge in [-0.3, -0.25) is 4.90 Å². The first-order chi connectivity index (χ1) is 17.1. The van der Waals surface area contributed by atoms with Crippen molar-refractivity contribution >= 4 is 11.0 Å². The topological polar surface area (TPSA) is 89.9 Å². The van der Waals surface area contributed by atoms with E-state index in [4.69, 9.17) is 9.15 Å². The molecule has 1 unspecified atom stereocenters. The van der Waals surface area contributed by atoms with Crippen LogP contribution in [-0.2, 0) is 0 Å². The summed E-state index contributed by atoms with van der Waals surface area (Å²) < 4.78 is 12.1. The zero-order valence-electron chi connectivity index (χ0n) is 19.5. The van der Waals surface area contributed by atoms with Crippen LogP contribution in [0.2, 0.25) is 0 Å². The molecule has 5 rings (SSSR count). The number of phenolic OH excluding ortho intramolecular Hbond substituents is 2. The van der Waals surface area contributed by atoms with Gasteiger partial charge in [-0.05, 0) is 80.0 Å². The standard InChI is InChI=1S/C29H28N2O4/c30-19-26(20-6-11-24(12-7-20)34-17-16-31-14-2-1-3-15-31)28-25-13-10-23(33)18-27(25)35-29(28)21-4-8-22(32)9-5-21/h4-13,18,26,32-33H,1-3,14-17H2. The Hall–Kier alpha value is -3.95. The van der Waals surface area contributed by atoms with Crippen LogP contribution in [0.5, 0.6) is 17.2 Å². The van der Waals surface area contributed by atoms with E-state index in [-0.39, 0.29) is 11.5 Å². The van der Waals surface area contributed by atoms with Gasteiger partial charge in [0.2, 0.25) is 0 Å². The summed E-state index contributed by atoms with van der Waals surface area (Å²) in [5.74, 6) is 0.973. The van der Waals surface area contributed by atoms with Crippen molar-refractivity contribution in [2.75, 3.05) is 26.2 Å². The highest BCUT2D eigenvalue weighted by molar-refractivity contribution is 5.90. The van der Waals surface area contributed by atoms with Crippen molar-refractivity contribution in [3.63, 3.8) is 0 Å². The highest BCUT2D eigenvalue weighted by Gasteiger charge is 2.25. The summed E-state index contributed by atoms with van der Waals surface area (Å²) in [6.07, 6.45) is 3.85. The Morgan fingerprint density at radius 3 is 2.34 bits per heavy atom. The van der Waals surface area contributed by atoms with E-state index in [1.807, 2.05) is 24.3 Å². The van der Waals surface area contributed by atoms with E-state index in [1.54, 1.807) is 42.5 Å². The molecule has 0 radical (unpaired) electrons. The number of furan rings is 1. The van der Waals surface area contributed by atoms with E-state index in [9.17, 15) is 15.5 Å². The maximum Gasteiger partial charge on any atom is 0.140 e. The van der Waals surface area contributed by atoms with E-state index in [0.29, 0.717) is 18.0 Å². The minimum Gasteiger partial charge on any atom is -0.508 e. The molecule has 6 nitrogen and oxygen atoms in total. The van der Waals surface area contributed by atoms with E-state index < -0.39 is 5.92 Å². The normalized spacial score (nSPS) is 15.1. The van der Waals surface area contributed by atoms with Gasteiger partial charge in [-0.15, -0.1) is 0 Å². The molecule has 0 spiro atoms. The number of rotatable bonds is 7. The number of hydrogen-bond acceptors (Lipinski definition) is 6. The predicted molar refractivity (Wildman–Crippen MR) is 135 cm³/mol. The molecule has 1 saturated heterocycles. The molecule has 6 heteroatoms. The fourth-order valence-corrected chi connectivity index (χ4v) is 4.76. The summed E-state index contributed by atoms with van der Waals surface area (Å²) in [5, 5.41) is 30.7. The second kappa shape index (κ2) is 10.1. The molecule has 1 aliphatic heterocycles. The molecule has 0 amide bonds. The van der Waals surface area contributed by atoms with Crippen molar-refractivity contribution in [1.29, 1.82) is 5.26 Å². The van der Waals surface area contributed by atoms with Crippen LogP contribution >= 0.6 is 0 Å². The van der Waals surface area contributed by atoms with Gasteiger partial charge in [-0.25, -0.2) is 0 Å². The summed E-state index contributed by atoms with van der Waals surface area (Å²) >= 11 is 0. The number of aromatic hydroxyl groups is 2. The van der Waals surface area contributed by atoms with E-state index in [1.165, 1.54) is 19.3 Å². The first-order valence-corrected chi connectivity index (χ1v) is 12.0. The fourth-order valence-electron chi connectivity index (χ4n) is 4.76. The number of nitriles is 1. The van der Waals surface area contributed by atoms with Crippen LogP contribution in [0.15, 0.2) is 71.1 Å². The lowest BCUT2D eigenvalue weighted by Crippen LogP contribution is -2.33. The maximum absolute atomic E-state index is 10.2. The molecule has 1 fully saturated rings. The van der Waals surface area contributed by atoms with Crippen molar-refractivity contribution in [3.8, 4) is 34.6 Å². The Morgan fingerprint density at radius 1 is 0.914 bits per heavy atom. The van der Waals surface area contributed by atoms with Gasteiger partial charge in [-0.2, -0.15) is 5.26 Å². The Balaban J connectivity index is 1.42. The average molecular weight is 469 g/mol. The zero-order chi connectivity index (χ0) is 24.2. The lowest BCUT2D eigenvalue weighted by atomic mass is 9.88. The zero-order valence-corrected chi connectivity index (χ0v) is 19.5. The molecule has 35 heavy (non-hydrogen) atoms. The molecule has 1 aliphatic rings. The molecule has 4 aromatic rings. The predicted octanol–water partition coefficient (Wildman–Crippen LogP) is 6.03. The Morgan fingerprint density at radius 2 is 1.63 bits per heavy atom. The molecule has 0 bridgehead atoms. The average Bonchev–Trinajstić information content (AvgIpc) is 3.25. The molecule has 0 aliphatic carbocycles. The van der Waals surface area contributed by atoms with Gasteiger partial charge >= 0.3 is 0 Å². The van der Waals surface area contributed by atoms with E-state index in [0.717, 1.165) is 47.5 Å². The fraction of sp³-hybridized carbons (Fsp3) is 0.276. The number of phenols is 2. The van der Waals surface area contributed by atoms with Crippen LogP contribution in [0.1, 0.15) is 36.3 Å². The van der Waals surface area contributed by atoms with Crippen LogP contribution in [0, 0.1) is 11.3 Å². The number of benzene rings is 3. The third-order valence-corrected chi connectivity index (χ3v) is 6.60. The van der Waals surface area contributed by atoms with Crippen LogP contribution in [-0.4, -0.2) is 41.4 Å². The molecule has 2 heterocycles. The molecule has 1 aromatic heterocycles. The van der Waals surface area contributed by atoms with Crippen LogP contribution in [0.25, 0.3) is 22.3 Å². The van der Waals surface area contributed by atoms with E-state index >= 15 is 0 Å². The van der Waals surface area contributed by atoms with Crippen LogP contribution in [0.4, 0.5) is 0 Å². The summed E-state index contributed by atoms with van der Waals surface area (Å²) in [6.45, 7) is 3.85. The number of nitrogens with zero attached hydrogens (tertiary/aromatic N) is 2. The van der Waals surface area contributed by atoms with Crippen molar-refractivity contribution in [2.24, 2.45) is 0 Å². The minimum absolute atomic E-state index is 0.0922. The number of piperidine rings is 1. The largest absolute Gasteiger partial charge is 0.508 e. The molecule has 178 valence electrons. The summed E-state index contributed by atoms with van der Waals surface area (Å²) in [6, 6.07) is 21.7. The highest BCUT2D eigenvalue weighted by Crippen LogP contribution is 2.42. The monoisotopic (exact) mass is 468 g/mol. The number of fused-ring (bicyclic) bond motifs is 1. The molecule has 1 atom stereocenters. The maximum atomic E-state index is 10.2. The minimum atomic E-state index is -0.591. The van der Waals surface area contributed by atoms with Gasteiger partial charge in [0.25, 0.3) is 0 Å². The SMILES string of the molecule is N#CC(c1ccc(OCCN2CCCCC2)cc1)c1c(-c2ccc(O)cc2)oc2cc(O)ccc12. The van der Waals surface area contributed by atoms with E-state index in [2.05, 4.69) is 11.0 Å². The molecular formula is C29H28N2O4. The summed E-state index contributed by atoms with van der Waals surface area (Å²) in [4.78, 5) is 2.44. The molecule has 2 N–H and O–H groups in total. The van der Waals surface area contributed by atoms with Crippen molar-refractivity contribution < 1.29 is 19.4 Å². The second-order valence-electron chi connectivity index (χ2n) is 8.95. The number of hydrogen-bond donors (Lipinski definition) is 2. The van der Waals surface area contributed by atoms with Gasteiger partial charge in [-0.1, -0.05) is 18.6 Å². The smallest absolute Gasteiger partial charge is 0.140 e. The van der Waals surface area contributed by atoms with Gasteiger partial charge in [0.1, 0.15) is 41.1 Å². The Bertz CT molecular complexity index is 1330. The molecule has 3 aromatic carbocycles. The second-order valence-corrected chi connectivity index (χ2v) is 8.95. The van der Waals surface area contributed by atoms with Crippen molar-refractivity contribution in [3.05, 3.63) is 77.9 Å². The summed E-state index contributed by atoms with van der Waals surface area (Å²) in [7, 11) is 0. The van der Waals surface area contributed by atoms with Gasteiger partial charge in [0.05, 0.1) is 6.07 Å². The van der Waals surface area contributed by atoms with Gasteiger partial charge in [0, 0.05) is 29.1 Å². The number of ether oxygens (including phenoxy) is 1. The van der Waals surface area contributed by atoms with Crippen LogP contribution in [0.3, 0.4) is 0 Å². The number of likely N-dealkylation sites (tertiary alicyclic amines) is 1. The van der Waals surface area contributed by atoms with Crippen LogP contribution < -0.4 is 4.74 Å². The van der Waals surface area contributed by atoms with Gasteiger partial charge in [0.15, 0.2) is 0 Å². The quantitative estimate of drug-likeness (QED) is 0.344. The third kappa shape index (κ3) is 4.96. The highest BCUT2D eigenvalue weighted by atomic mass is 16.5. The van der Waals surface area contributed by atoms with Crippen molar-refractivity contribution in [2.45, 2.75) is 25.2 Å². The van der Waals surface area contributed by atoms with Crippen molar-refractivity contribution in [1.82, 2.24) is 4.90 Å². The molecular weight excluding hydrogens is 440 g/mol. The Kier molecular flexibility index (Phi) is 6.60.